The predicted octanol–water partition coefficient (Wildman–Crippen LogP) is 2.42. The largest absolute Gasteiger partial charge is 0.497 e. The van der Waals surface area contributed by atoms with Crippen LogP contribution in [0.25, 0.3) is 0 Å². The van der Waals surface area contributed by atoms with Gasteiger partial charge < -0.3 is 20.3 Å². The maximum Gasteiger partial charge on any atom is 0.243 e. The molecule has 0 radical (unpaired) electrons. The van der Waals surface area contributed by atoms with Crippen molar-refractivity contribution in [2.45, 2.75) is 32.2 Å². The van der Waals surface area contributed by atoms with Crippen LogP contribution in [0.15, 0.2) is 41.4 Å². The van der Waals surface area contributed by atoms with E-state index in [-0.39, 0.29) is 18.5 Å². The van der Waals surface area contributed by atoms with E-state index in [1.165, 1.54) is 24.8 Å². The van der Waals surface area contributed by atoms with Gasteiger partial charge in [-0.2, -0.15) is 0 Å². The Kier molecular flexibility index (Phi) is 9.67. The van der Waals surface area contributed by atoms with Gasteiger partial charge >= 0.3 is 0 Å². The van der Waals surface area contributed by atoms with E-state index in [1.807, 2.05) is 19.1 Å². The van der Waals surface area contributed by atoms with Gasteiger partial charge in [0, 0.05) is 27.2 Å². The van der Waals surface area contributed by atoms with E-state index in [2.05, 4.69) is 39.2 Å². The lowest BCUT2D eigenvalue weighted by Gasteiger charge is -2.35. The van der Waals surface area contributed by atoms with Crippen LogP contribution in [0.3, 0.4) is 0 Å². The molecule has 1 aliphatic heterocycles. The number of methoxy groups -OCH3 is 1. The lowest BCUT2D eigenvalue weighted by Crippen LogP contribution is -2.45. The fourth-order valence-corrected chi connectivity index (χ4v) is 3.40. The molecule has 2 N–H and O–H groups in total. The van der Waals surface area contributed by atoms with E-state index in [0.29, 0.717) is 19.0 Å². The van der Waals surface area contributed by atoms with Gasteiger partial charge in [0.2, 0.25) is 5.91 Å². The molecule has 1 aliphatic rings. The molecule has 7 heteroatoms. The van der Waals surface area contributed by atoms with Crippen LogP contribution in [0.4, 0.5) is 0 Å². The Morgan fingerprint density at radius 2 is 1.87 bits per heavy atom. The smallest absolute Gasteiger partial charge is 0.243 e. The lowest BCUT2D eigenvalue weighted by atomic mass is 10.0. The van der Waals surface area contributed by atoms with Gasteiger partial charge in [-0.15, -0.1) is 0 Å². The molecule has 166 valence electrons. The summed E-state index contributed by atoms with van der Waals surface area (Å²) in [7, 11) is 5.16. The number of likely N-dealkylation sites (N-methyl/N-ethyl adjacent to an activating group) is 1. The van der Waals surface area contributed by atoms with Crippen molar-refractivity contribution in [2.75, 3.05) is 53.9 Å². The molecule has 1 atom stereocenters. The zero-order valence-electron chi connectivity index (χ0n) is 18.9. The highest BCUT2D eigenvalue weighted by Crippen LogP contribution is 2.25. The number of piperidine rings is 1. The zero-order chi connectivity index (χ0) is 21.9. The van der Waals surface area contributed by atoms with Crippen molar-refractivity contribution in [3.05, 3.63) is 42.0 Å². The predicted molar refractivity (Wildman–Crippen MR) is 123 cm³/mol. The summed E-state index contributed by atoms with van der Waals surface area (Å²) < 4.78 is 5.32. The zero-order valence-corrected chi connectivity index (χ0v) is 18.9. The summed E-state index contributed by atoms with van der Waals surface area (Å²) in [6, 6.07) is 8.51. The third-order valence-electron chi connectivity index (χ3n) is 5.22. The summed E-state index contributed by atoms with van der Waals surface area (Å²) >= 11 is 0. The molecule has 1 aromatic carbocycles. The summed E-state index contributed by atoms with van der Waals surface area (Å²) in [4.78, 5) is 20.5. The summed E-state index contributed by atoms with van der Waals surface area (Å²) in [5.41, 5.74) is 2.25. The number of likely N-dealkylation sites (tertiary alicyclic amines) is 1. The van der Waals surface area contributed by atoms with Gasteiger partial charge in [0.1, 0.15) is 12.3 Å². The summed E-state index contributed by atoms with van der Waals surface area (Å²) in [5, 5.41) is 6.72. The molecular weight excluding hydrogens is 378 g/mol. The molecule has 0 spiro atoms. The highest BCUT2D eigenvalue weighted by Gasteiger charge is 2.22. The molecule has 0 saturated carbocycles. The highest BCUT2D eigenvalue weighted by atomic mass is 16.5. The molecule has 1 saturated heterocycles. The van der Waals surface area contributed by atoms with Gasteiger partial charge in [0.25, 0.3) is 0 Å². The van der Waals surface area contributed by atoms with Gasteiger partial charge in [-0.1, -0.05) is 30.7 Å². The fourth-order valence-electron chi connectivity index (χ4n) is 3.40. The number of aliphatic imine (C=N–C) groups is 1. The van der Waals surface area contributed by atoms with Gasteiger partial charge in [-0.25, -0.2) is 4.99 Å². The number of amides is 1. The number of rotatable bonds is 9. The molecule has 2 rings (SSSR count). The highest BCUT2D eigenvalue weighted by molar-refractivity contribution is 5.84. The van der Waals surface area contributed by atoms with Crippen molar-refractivity contribution < 1.29 is 9.53 Å². The van der Waals surface area contributed by atoms with E-state index in [9.17, 15) is 4.79 Å². The molecule has 7 nitrogen and oxygen atoms in total. The SMILES string of the molecule is C=C(C)CNC(=NCC(=O)N(C)C)NCC(c1ccc(OC)cc1)N1CCCCC1. The second kappa shape index (κ2) is 12.2. The van der Waals surface area contributed by atoms with E-state index >= 15 is 0 Å². The molecule has 0 aromatic heterocycles. The van der Waals surface area contributed by atoms with Gasteiger partial charge in [-0.3, -0.25) is 9.69 Å². The Balaban J connectivity index is 2.14. The van der Waals surface area contributed by atoms with Crippen LogP contribution in [0.1, 0.15) is 37.8 Å². The third kappa shape index (κ3) is 7.71. The van der Waals surface area contributed by atoms with E-state index in [1.54, 1.807) is 26.1 Å². The second-order valence-corrected chi connectivity index (χ2v) is 8.03. The second-order valence-electron chi connectivity index (χ2n) is 8.03. The Bertz CT molecular complexity index is 709. The van der Waals surface area contributed by atoms with Gasteiger partial charge in [0.05, 0.1) is 13.2 Å². The van der Waals surface area contributed by atoms with Crippen molar-refractivity contribution in [2.24, 2.45) is 4.99 Å². The minimum Gasteiger partial charge on any atom is -0.497 e. The quantitative estimate of drug-likeness (QED) is 0.368. The first-order chi connectivity index (χ1) is 14.4. The van der Waals surface area contributed by atoms with Crippen LogP contribution in [0.2, 0.25) is 0 Å². The van der Waals surface area contributed by atoms with E-state index in [4.69, 9.17) is 4.74 Å². The number of guanidine groups is 1. The fraction of sp³-hybridized carbons (Fsp3) is 0.565. The van der Waals surface area contributed by atoms with Gasteiger partial charge in [-0.05, 0) is 50.6 Å². The molecule has 1 amide bonds. The van der Waals surface area contributed by atoms with Crippen molar-refractivity contribution in [3.63, 3.8) is 0 Å². The van der Waals surface area contributed by atoms with Crippen LogP contribution >= 0.6 is 0 Å². The summed E-state index contributed by atoms with van der Waals surface area (Å²) in [6.45, 7) is 9.49. The maximum atomic E-state index is 12.0. The number of carbonyl (C=O) groups is 1. The van der Waals surface area contributed by atoms with Crippen molar-refractivity contribution in [1.82, 2.24) is 20.4 Å². The molecule has 1 unspecified atom stereocenters. The molecule has 1 fully saturated rings. The average Bonchev–Trinajstić information content (AvgIpc) is 2.75. The Morgan fingerprint density at radius 1 is 1.20 bits per heavy atom. The third-order valence-corrected chi connectivity index (χ3v) is 5.22. The van der Waals surface area contributed by atoms with Gasteiger partial charge in [0.15, 0.2) is 5.96 Å². The Labute approximate surface area is 181 Å². The number of hydrogen-bond donors (Lipinski definition) is 2. The molecule has 0 bridgehead atoms. The Morgan fingerprint density at radius 3 is 2.43 bits per heavy atom. The monoisotopic (exact) mass is 415 g/mol. The van der Waals surface area contributed by atoms with Crippen LogP contribution in [-0.4, -0.2) is 75.6 Å². The van der Waals surface area contributed by atoms with Crippen molar-refractivity contribution in [1.29, 1.82) is 0 Å². The van der Waals surface area contributed by atoms with Crippen LogP contribution in [0.5, 0.6) is 5.75 Å². The van der Waals surface area contributed by atoms with Crippen LogP contribution in [0, 0.1) is 0 Å². The topological polar surface area (TPSA) is 69.2 Å². The number of carbonyl (C=O) groups excluding carboxylic acids is 1. The van der Waals surface area contributed by atoms with E-state index in [0.717, 1.165) is 24.4 Å². The summed E-state index contributed by atoms with van der Waals surface area (Å²) in [6.07, 6.45) is 3.73. The normalized spacial score (nSPS) is 15.9. The first kappa shape index (κ1) is 23.7. The number of hydrogen-bond acceptors (Lipinski definition) is 4. The number of ether oxygens (including phenoxy) is 1. The maximum absolute atomic E-state index is 12.0. The molecule has 1 heterocycles. The Hall–Kier alpha value is -2.54. The number of benzene rings is 1. The van der Waals surface area contributed by atoms with Crippen LogP contribution < -0.4 is 15.4 Å². The molecule has 30 heavy (non-hydrogen) atoms. The average molecular weight is 416 g/mol. The first-order valence-electron chi connectivity index (χ1n) is 10.7. The molecular formula is C23H37N5O2. The van der Waals surface area contributed by atoms with E-state index < -0.39 is 0 Å². The number of nitrogens with zero attached hydrogens (tertiary/aromatic N) is 3. The number of nitrogens with one attached hydrogen (secondary N) is 2. The van der Waals surface area contributed by atoms with Crippen LogP contribution in [-0.2, 0) is 4.79 Å². The standard InChI is InChI=1S/C23H37N5O2/c1-18(2)15-24-23(26-17-22(29)27(3)4)25-16-21(28-13-7-6-8-14-28)19-9-11-20(30-5)12-10-19/h9-12,21H,1,6-8,13-17H2,2-5H3,(H2,24,25,26). The lowest BCUT2D eigenvalue weighted by molar-refractivity contribution is -0.127. The summed E-state index contributed by atoms with van der Waals surface area (Å²) in [5.74, 6) is 1.45. The van der Waals surface area contributed by atoms with Crippen molar-refractivity contribution in [3.8, 4) is 5.75 Å². The first-order valence-corrected chi connectivity index (χ1v) is 10.7. The van der Waals surface area contributed by atoms with Crippen molar-refractivity contribution >= 4 is 11.9 Å². The minimum absolute atomic E-state index is 0.0332. The molecule has 0 aliphatic carbocycles. The minimum atomic E-state index is -0.0332. The molecule has 1 aromatic rings.